The minimum Gasteiger partial charge on any atom is -0.383 e. The summed E-state index contributed by atoms with van der Waals surface area (Å²) in [6.45, 7) is 1.81. The van der Waals surface area contributed by atoms with Gasteiger partial charge >= 0.3 is 0 Å². The molecule has 40 heavy (non-hydrogen) atoms. The molecule has 0 saturated carbocycles. The maximum absolute atomic E-state index is 15.6. The van der Waals surface area contributed by atoms with Crippen LogP contribution < -0.4 is 15.8 Å². The van der Waals surface area contributed by atoms with Gasteiger partial charge in [-0.25, -0.2) is 22.8 Å². The predicted octanol–water partition coefficient (Wildman–Crippen LogP) is 5.42. The van der Waals surface area contributed by atoms with Crippen LogP contribution in [0.25, 0.3) is 22.0 Å². The Hall–Kier alpha value is -4.26. The SMILES string of the molecule is Cc1nn(C)cc1-c1cc(C(=O)Nc2c(Cl)ccc(NS(=O)(=O)c3ccccc3Cl)c2F)c2ncnc(N)c2c1. The van der Waals surface area contributed by atoms with Crippen LogP contribution in [0.2, 0.25) is 10.0 Å². The number of hydrogen-bond donors (Lipinski definition) is 3. The van der Waals surface area contributed by atoms with E-state index in [2.05, 4.69) is 25.1 Å². The van der Waals surface area contributed by atoms with Crippen LogP contribution in [0.15, 0.2) is 66.0 Å². The third-order valence-electron chi connectivity index (χ3n) is 6.04. The minimum absolute atomic E-state index is 0.0465. The van der Waals surface area contributed by atoms with Crippen molar-refractivity contribution >= 4 is 67.2 Å². The van der Waals surface area contributed by atoms with Gasteiger partial charge in [0.05, 0.1) is 38.2 Å². The number of aryl methyl sites for hydroxylation is 2. The summed E-state index contributed by atoms with van der Waals surface area (Å²) in [4.78, 5) is 21.6. The van der Waals surface area contributed by atoms with Crippen molar-refractivity contribution in [2.75, 3.05) is 15.8 Å². The maximum Gasteiger partial charge on any atom is 0.263 e. The second-order valence-electron chi connectivity index (χ2n) is 8.75. The van der Waals surface area contributed by atoms with Crippen LogP contribution in [0, 0.1) is 12.7 Å². The molecule has 2 aromatic heterocycles. The van der Waals surface area contributed by atoms with Crippen molar-refractivity contribution in [2.45, 2.75) is 11.8 Å². The van der Waals surface area contributed by atoms with E-state index in [-0.39, 0.29) is 31.8 Å². The first kappa shape index (κ1) is 27.3. The molecule has 0 radical (unpaired) electrons. The molecule has 0 atom stereocenters. The fraction of sp³-hybridized carbons (Fsp3) is 0.0769. The maximum atomic E-state index is 15.6. The van der Waals surface area contributed by atoms with E-state index < -0.39 is 33.1 Å². The van der Waals surface area contributed by atoms with Gasteiger partial charge in [-0.05, 0) is 48.9 Å². The number of hydrogen-bond acceptors (Lipinski definition) is 7. The van der Waals surface area contributed by atoms with E-state index >= 15 is 4.39 Å². The highest BCUT2D eigenvalue weighted by Gasteiger charge is 2.24. The number of sulfonamides is 1. The third kappa shape index (κ3) is 5.04. The zero-order valence-corrected chi connectivity index (χ0v) is 23.2. The Morgan fingerprint density at radius 3 is 2.52 bits per heavy atom. The van der Waals surface area contributed by atoms with Gasteiger partial charge in [0.1, 0.15) is 17.0 Å². The van der Waals surface area contributed by atoms with Crippen LogP contribution in [-0.4, -0.2) is 34.1 Å². The number of amides is 1. The number of benzene rings is 3. The van der Waals surface area contributed by atoms with Crippen LogP contribution in [-0.2, 0) is 17.1 Å². The van der Waals surface area contributed by atoms with Gasteiger partial charge in [-0.3, -0.25) is 14.2 Å². The molecule has 14 heteroatoms. The van der Waals surface area contributed by atoms with Crippen molar-refractivity contribution < 1.29 is 17.6 Å². The number of rotatable bonds is 6. The third-order valence-corrected chi connectivity index (χ3v) is 8.22. The highest BCUT2D eigenvalue weighted by atomic mass is 35.5. The fourth-order valence-electron chi connectivity index (χ4n) is 4.19. The smallest absolute Gasteiger partial charge is 0.263 e. The number of fused-ring (bicyclic) bond motifs is 1. The number of nitrogens with two attached hydrogens (primary N) is 1. The van der Waals surface area contributed by atoms with Gasteiger partial charge in [0.25, 0.3) is 15.9 Å². The molecule has 0 aliphatic rings. The Labute approximate surface area is 238 Å². The summed E-state index contributed by atoms with van der Waals surface area (Å²) < 4.78 is 45.2. The molecule has 0 spiro atoms. The summed E-state index contributed by atoms with van der Waals surface area (Å²) in [6.07, 6.45) is 2.99. The van der Waals surface area contributed by atoms with Crippen molar-refractivity contribution in [3.63, 3.8) is 0 Å². The van der Waals surface area contributed by atoms with Crippen molar-refractivity contribution in [2.24, 2.45) is 7.05 Å². The molecule has 0 aliphatic carbocycles. The monoisotopic (exact) mass is 599 g/mol. The van der Waals surface area contributed by atoms with Gasteiger partial charge in [-0.15, -0.1) is 0 Å². The molecule has 0 fully saturated rings. The lowest BCUT2D eigenvalue weighted by Crippen LogP contribution is -2.18. The molecule has 0 bridgehead atoms. The van der Waals surface area contributed by atoms with Crippen molar-refractivity contribution in [1.82, 2.24) is 19.7 Å². The largest absolute Gasteiger partial charge is 0.383 e. The van der Waals surface area contributed by atoms with Crippen molar-refractivity contribution in [3.05, 3.63) is 88.2 Å². The lowest BCUT2D eigenvalue weighted by atomic mass is 9.99. The van der Waals surface area contributed by atoms with E-state index in [4.69, 9.17) is 28.9 Å². The molecule has 0 unspecified atom stereocenters. The Bertz CT molecular complexity index is 1930. The Balaban J connectivity index is 1.56. The predicted molar refractivity (Wildman–Crippen MR) is 153 cm³/mol. The fourth-order valence-corrected chi connectivity index (χ4v) is 5.96. The van der Waals surface area contributed by atoms with E-state index in [0.29, 0.717) is 16.6 Å². The van der Waals surface area contributed by atoms with Crippen LogP contribution >= 0.6 is 23.2 Å². The number of nitrogen functional groups attached to an aromatic ring is 1. The van der Waals surface area contributed by atoms with Crippen molar-refractivity contribution in [1.29, 1.82) is 0 Å². The molecule has 3 aromatic carbocycles. The molecule has 4 N–H and O–H groups in total. The number of aromatic nitrogens is 4. The number of anilines is 3. The van der Waals surface area contributed by atoms with Gasteiger partial charge < -0.3 is 11.1 Å². The molecule has 5 rings (SSSR count). The Morgan fingerprint density at radius 1 is 1.07 bits per heavy atom. The molecule has 204 valence electrons. The average molecular weight is 600 g/mol. The summed E-state index contributed by atoms with van der Waals surface area (Å²) in [6, 6.07) is 11.4. The average Bonchev–Trinajstić information content (AvgIpc) is 3.25. The Morgan fingerprint density at radius 2 is 1.82 bits per heavy atom. The van der Waals surface area contributed by atoms with Crippen LogP contribution in [0.4, 0.5) is 21.6 Å². The molecule has 0 aliphatic heterocycles. The van der Waals surface area contributed by atoms with Gasteiger partial charge in [-0.2, -0.15) is 5.10 Å². The zero-order valence-electron chi connectivity index (χ0n) is 20.9. The summed E-state index contributed by atoms with van der Waals surface area (Å²) in [7, 11) is -2.50. The van der Waals surface area contributed by atoms with E-state index in [0.717, 1.165) is 11.6 Å². The summed E-state index contributed by atoms with van der Waals surface area (Å²) in [5, 5.41) is 6.99. The van der Waals surface area contributed by atoms with Gasteiger partial charge in [0.15, 0.2) is 5.82 Å². The quantitative estimate of drug-likeness (QED) is 0.236. The van der Waals surface area contributed by atoms with E-state index in [9.17, 15) is 13.2 Å². The second kappa shape index (κ2) is 10.4. The normalized spacial score (nSPS) is 11.5. The topological polar surface area (TPSA) is 145 Å². The second-order valence-corrected chi connectivity index (χ2v) is 11.2. The van der Waals surface area contributed by atoms with Gasteiger partial charge in [0, 0.05) is 24.2 Å². The first-order chi connectivity index (χ1) is 19.0. The van der Waals surface area contributed by atoms with Gasteiger partial charge in [-0.1, -0.05) is 35.3 Å². The first-order valence-electron chi connectivity index (χ1n) is 11.6. The number of halogens is 3. The number of carbonyl (C=O) groups is 1. The summed E-state index contributed by atoms with van der Waals surface area (Å²) in [5.74, 6) is -1.73. The van der Waals surface area contributed by atoms with Crippen LogP contribution in [0.5, 0.6) is 0 Å². The highest BCUT2D eigenvalue weighted by molar-refractivity contribution is 7.92. The molecule has 5 aromatic rings. The van der Waals surface area contributed by atoms with Crippen LogP contribution in [0.3, 0.4) is 0 Å². The lowest BCUT2D eigenvalue weighted by Gasteiger charge is -2.15. The lowest BCUT2D eigenvalue weighted by molar-refractivity contribution is 0.102. The zero-order chi connectivity index (χ0) is 28.8. The molecule has 2 heterocycles. The summed E-state index contributed by atoms with van der Waals surface area (Å²) >= 11 is 12.3. The molecule has 0 saturated heterocycles. The molecule has 1 amide bonds. The van der Waals surface area contributed by atoms with E-state index in [1.807, 2.05) is 6.92 Å². The standard InChI is InChI=1S/C26H20Cl2FN7O3S/c1-13-17(11-36(2)34-13)14-9-15-23(31-12-32-25(15)30)16(10-14)26(37)33-24-19(28)7-8-20(22(24)29)35-40(38,39)21-6-4-3-5-18(21)27/h3-12,35H,1-2H3,(H,33,37)(H2,30,31,32). The number of nitrogens with one attached hydrogen (secondary N) is 2. The minimum atomic E-state index is -4.27. The molecular formula is C26H20Cl2FN7O3S. The number of carbonyl (C=O) groups excluding carboxylic acids is 1. The molecule has 10 nitrogen and oxygen atoms in total. The van der Waals surface area contributed by atoms with E-state index in [1.54, 1.807) is 36.1 Å². The Kier molecular flexibility index (Phi) is 7.08. The van der Waals surface area contributed by atoms with Gasteiger partial charge in [0.2, 0.25) is 0 Å². The first-order valence-corrected chi connectivity index (χ1v) is 13.8. The van der Waals surface area contributed by atoms with E-state index in [1.165, 1.54) is 30.6 Å². The molecular weight excluding hydrogens is 580 g/mol. The number of nitrogens with zero attached hydrogens (tertiary/aromatic N) is 4. The highest BCUT2D eigenvalue weighted by Crippen LogP contribution is 2.35. The summed E-state index contributed by atoms with van der Waals surface area (Å²) in [5.41, 5.74) is 7.54. The van der Waals surface area contributed by atoms with Crippen molar-refractivity contribution in [3.8, 4) is 11.1 Å². The van der Waals surface area contributed by atoms with Crippen LogP contribution in [0.1, 0.15) is 16.1 Å².